The lowest BCUT2D eigenvalue weighted by molar-refractivity contribution is -0.143. The van der Waals surface area contributed by atoms with Gasteiger partial charge in [-0.25, -0.2) is 4.79 Å². The largest absolute Gasteiger partial charge is 0.444 e. The second-order valence-electron chi connectivity index (χ2n) is 11.8. The number of aryl methyl sites for hydroxylation is 1. The predicted molar refractivity (Wildman–Crippen MR) is 152 cm³/mol. The Kier molecular flexibility index (Phi) is 10.9. The molecule has 2 rings (SSSR count). The highest BCUT2D eigenvalue weighted by Gasteiger charge is 2.37. The van der Waals surface area contributed by atoms with Crippen LogP contribution < -0.4 is 10.6 Å². The standard InChI is InChI=1S/C31H45N3O4/c1-9-10-20-34(26(27(35)33-30(3,4)5)24-19-15-14-16-22(24)2)28(36)25(21-23-17-12-11-13-18-23)32-29(37)38-31(6,7)8/h11-19,25-26H,9-10,20-21H2,1-8H3,(H,32,37)(H,33,35). The summed E-state index contributed by atoms with van der Waals surface area (Å²) in [6.07, 6.45) is 1.15. The third-order valence-corrected chi connectivity index (χ3v) is 5.85. The van der Waals surface area contributed by atoms with Crippen LogP contribution in [0.1, 0.15) is 84.0 Å². The van der Waals surface area contributed by atoms with Gasteiger partial charge in [0.1, 0.15) is 17.7 Å². The molecule has 0 heterocycles. The van der Waals surface area contributed by atoms with Crippen molar-refractivity contribution in [1.82, 2.24) is 15.5 Å². The number of amides is 3. The van der Waals surface area contributed by atoms with Gasteiger partial charge in [0.2, 0.25) is 11.8 Å². The maximum Gasteiger partial charge on any atom is 0.408 e. The molecule has 208 valence electrons. The Labute approximate surface area is 228 Å². The fourth-order valence-electron chi connectivity index (χ4n) is 4.18. The summed E-state index contributed by atoms with van der Waals surface area (Å²) in [5.74, 6) is -0.586. The van der Waals surface area contributed by atoms with Gasteiger partial charge in [-0.2, -0.15) is 0 Å². The molecule has 0 fully saturated rings. The number of carbonyl (C=O) groups excluding carboxylic acids is 3. The fourth-order valence-corrected chi connectivity index (χ4v) is 4.18. The van der Waals surface area contributed by atoms with E-state index in [0.29, 0.717) is 13.0 Å². The van der Waals surface area contributed by atoms with Crippen LogP contribution in [0.2, 0.25) is 0 Å². The first-order chi connectivity index (χ1) is 17.7. The predicted octanol–water partition coefficient (Wildman–Crippen LogP) is 5.72. The Hall–Kier alpha value is -3.35. The van der Waals surface area contributed by atoms with Crippen LogP contribution in [0.25, 0.3) is 0 Å². The summed E-state index contributed by atoms with van der Waals surface area (Å²) < 4.78 is 5.49. The SMILES string of the molecule is CCCCN(C(=O)C(Cc1ccccc1)NC(=O)OC(C)(C)C)C(C(=O)NC(C)(C)C)c1ccccc1C. The lowest BCUT2D eigenvalue weighted by atomic mass is 9.96. The number of alkyl carbamates (subject to hydrolysis) is 1. The van der Waals surface area contributed by atoms with Crippen molar-refractivity contribution < 1.29 is 19.1 Å². The third-order valence-electron chi connectivity index (χ3n) is 5.85. The van der Waals surface area contributed by atoms with Gasteiger partial charge in [-0.3, -0.25) is 9.59 Å². The van der Waals surface area contributed by atoms with E-state index in [4.69, 9.17) is 4.74 Å². The first kappa shape index (κ1) is 30.9. The molecule has 2 aromatic rings. The van der Waals surface area contributed by atoms with E-state index >= 15 is 0 Å². The van der Waals surface area contributed by atoms with E-state index in [1.54, 1.807) is 25.7 Å². The highest BCUT2D eigenvalue weighted by molar-refractivity contribution is 5.92. The molecule has 2 N–H and O–H groups in total. The van der Waals surface area contributed by atoms with Crippen molar-refractivity contribution in [3.05, 3.63) is 71.3 Å². The molecular formula is C31H45N3O4. The van der Waals surface area contributed by atoms with Gasteiger partial charge in [0, 0.05) is 18.5 Å². The zero-order chi connectivity index (χ0) is 28.5. The zero-order valence-electron chi connectivity index (χ0n) is 24.3. The van der Waals surface area contributed by atoms with Crippen LogP contribution in [0.3, 0.4) is 0 Å². The third kappa shape index (κ3) is 9.84. The molecule has 0 saturated carbocycles. The lowest BCUT2D eigenvalue weighted by Crippen LogP contribution is -2.55. The minimum atomic E-state index is -0.918. The van der Waals surface area contributed by atoms with Crippen LogP contribution >= 0.6 is 0 Å². The van der Waals surface area contributed by atoms with E-state index in [0.717, 1.165) is 23.1 Å². The van der Waals surface area contributed by atoms with Crippen molar-refractivity contribution in [2.45, 2.75) is 97.9 Å². The van der Waals surface area contributed by atoms with Crippen LogP contribution in [0.5, 0.6) is 0 Å². The minimum absolute atomic E-state index is 0.257. The van der Waals surface area contributed by atoms with E-state index in [9.17, 15) is 14.4 Å². The number of unbranched alkanes of at least 4 members (excludes halogenated alkanes) is 1. The second-order valence-corrected chi connectivity index (χ2v) is 11.8. The highest BCUT2D eigenvalue weighted by Crippen LogP contribution is 2.27. The molecule has 2 unspecified atom stereocenters. The Morgan fingerprint density at radius 2 is 1.53 bits per heavy atom. The molecule has 7 nitrogen and oxygen atoms in total. The first-order valence-electron chi connectivity index (χ1n) is 13.4. The van der Waals surface area contributed by atoms with Crippen molar-refractivity contribution in [1.29, 1.82) is 0 Å². The maximum absolute atomic E-state index is 14.3. The molecule has 0 radical (unpaired) electrons. The summed E-state index contributed by atoms with van der Waals surface area (Å²) >= 11 is 0. The molecule has 2 aromatic carbocycles. The van der Waals surface area contributed by atoms with Crippen LogP contribution in [-0.2, 0) is 20.7 Å². The van der Waals surface area contributed by atoms with E-state index < -0.39 is 29.3 Å². The maximum atomic E-state index is 14.3. The van der Waals surface area contributed by atoms with Gasteiger partial charge in [0.05, 0.1) is 0 Å². The number of nitrogens with one attached hydrogen (secondary N) is 2. The van der Waals surface area contributed by atoms with E-state index in [-0.39, 0.29) is 18.2 Å². The summed E-state index contributed by atoms with van der Waals surface area (Å²) in [4.78, 5) is 42.6. The van der Waals surface area contributed by atoms with E-state index in [1.807, 2.05) is 89.2 Å². The number of rotatable bonds is 10. The van der Waals surface area contributed by atoms with E-state index in [1.165, 1.54) is 0 Å². The molecular weight excluding hydrogens is 478 g/mol. The number of ether oxygens (including phenoxy) is 1. The molecule has 3 amide bonds. The molecule has 0 spiro atoms. The molecule has 0 aliphatic carbocycles. The fraction of sp³-hybridized carbons (Fsp3) is 0.516. The van der Waals surface area contributed by atoms with Crippen molar-refractivity contribution in [2.75, 3.05) is 6.54 Å². The summed E-state index contributed by atoms with van der Waals surface area (Å²) in [5, 5.41) is 5.88. The number of hydrogen-bond acceptors (Lipinski definition) is 4. The molecule has 0 aliphatic rings. The smallest absolute Gasteiger partial charge is 0.408 e. The second kappa shape index (κ2) is 13.4. The summed E-state index contributed by atoms with van der Waals surface area (Å²) in [5.41, 5.74) is 1.35. The molecule has 0 bridgehead atoms. The number of benzene rings is 2. The van der Waals surface area contributed by atoms with Crippen molar-refractivity contribution in [3.8, 4) is 0 Å². The van der Waals surface area contributed by atoms with Crippen molar-refractivity contribution >= 4 is 17.9 Å². The average molecular weight is 524 g/mol. The topological polar surface area (TPSA) is 87.7 Å². The Balaban J connectivity index is 2.57. The van der Waals surface area contributed by atoms with Gasteiger partial charge < -0.3 is 20.3 Å². The Morgan fingerprint density at radius 1 is 0.921 bits per heavy atom. The molecule has 0 saturated heterocycles. The summed E-state index contributed by atoms with van der Waals surface area (Å²) in [6, 6.07) is 15.4. The van der Waals surface area contributed by atoms with E-state index in [2.05, 4.69) is 10.6 Å². The molecule has 38 heavy (non-hydrogen) atoms. The molecule has 7 heteroatoms. The van der Waals surface area contributed by atoms with Crippen molar-refractivity contribution in [3.63, 3.8) is 0 Å². The van der Waals surface area contributed by atoms with Crippen molar-refractivity contribution in [2.24, 2.45) is 0 Å². The van der Waals surface area contributed by atoms with Gasteiger partial charge >= 0.3 is 6.09 Å². The number of hydrogen-bond donors (Lipinski definition) is 2. The number of carbonyl (C=O) groups is 3. The average Bonchev–Trinajstić information content (AvgIpc) is 2.80. The van der Waals surface area contributed by atoms with Gasteiger partial charge in [0.15, 0.2) is 0 Å². The van der Waals surface area contributed by atoms with Crippen LogP contribution in [-0.4, -0.2) is 46.5 Å². The molecule has 2 atom stereocenters. The lowest BCUT2D eigenvalue weighted by Gasteiger charge is -2.36. The summed E-state index contributed by atoms with van der Waals surface area (Å²) in [6.45, 7) is 15.4. The van der Waals surface area contributed by atoms with Gasteiger partial charge in [-0.05, 0) is 71.6 Å². The normalized spacial score (nSPS) is 13.3. The number of nitrogens with zero attached hydrogens (tertiary/aromatic N) is 1. The van der Waals surface area contributed by atoms with Crippen LogP contribution in [0.4, 0.5) is 4.79 Å². The first-order valence-corrected chi connectivity index (χ1v) is 13.4. The zero-order valence-corrected chi connectivity index (χ0v) is 24.3. The monoisotopic (exact) mass is 523 g/mol. The van der Waals surface area contributed by atoms with Gasteiger partial charge in [0.25, 0.3) is 0 Å². The highest BCUT2D eigenvalue weighted by atomic mass is 16.6. The Bertz CT molecular complexity index is 1070. The molecule has 0 aliphatic heterocycles. The Morgan fingerprint density at radius 3 is 2.08 bits per heavy atom. The van der Waals surface area contributed by atoms with Crippen LogP contribution in [0, 0.1) is 6.92 Å². The summed E-state index contributed by atoms with van der Waals surface area (Å²) in [7, 11) is 0. The van der Waals surface area contributed by atoms with Gasteiger partial charge in [-0.1, -0.05) is 67.9 Å². The molecule has 0 aromatic heterocycles. The minimum Gasteiger partial charge on any atom is -0.444 e. The quantitative estimate of drug-likeness (QED) is 0.417. The van der Waals surface area contributed by atoms with Crippen LogP contribution in [0.15, 0.2) is 54.6 Å². The van der Waals surface area contributed by atoms with Gasteiger partial charge in [-0.15, -0.1) is 0 Å².